The predicted octanol–water partition coefficient (Wildman–Crippen LogP) is -1.70. The molecule has 13 heteroatoms. The molecule has 3 rings (SSSR count). The van der Waals surface area contributed by atoms with Gasteiger partial charge in [0.15, 0.2) is 11.5 Å². The molecule has 2 aliphatic heterocycles. The van der Waals surface area contributed by atoms with Crippen molar-refractivity contribution in [3.8, 4) is 11.5 Å². The van der Waals surface area contributed by atoms with E-state index in [-0.39, 0.29) is 11.5 Å². The summed E-state index contributed by atoms with van der Waals surface area (Å²) < 4.78 is 5.91. The number of aliphatic hydroxyl groups excluding tert-OH is 3. The summed E-state index contributed by atoms with van der Waals surface area (Å²) in [6, 6.07) is 3.43. The van der Waals surface area contributed by atoms with Crippen molar-refractivity contribution in [3.63, 3.8) is 0 Å². The Balaban J connectivity index is 1.95. The van der Waals surface area contributed by atoms with E-state index in [9.17, 15) is 34.5 Å². The molecule has 0 amide bonds. The molecule has 33 heavy (non-hydrogen) atoms. The number of rotatable bonds is 8. The number of carbonyl (C=O) groups excluding carboxylic acids is 1. The van der Waals surface area contributed by atoms with Crippen LogP contribution in [-0.4, -0.2) is 76.8 Å². The number of aliphatic carboxylic acids is 1. The quantitative estimate of drug-likeness (QED) is 0.145. The Morgan fingerprint density at radius 3 is 2.42 bits per heavy atom. The molecule has 1 aromatic carbocycles. The number of aromatic amines is 1. The molecule has 0 radical (unpaired) electrons. The van der Waals surface area contributed by atoms with Crippen LogP contribution in [0.2, 0.25) is 0 Å². The number of nitrogens with one attached hydrogen (secondary N) is 1. The van der Waals surface area contributed by atoms with E-state index in [2.05, 4.69) is 14.7 Å². The Bertz CT molecular complexity index is 1300. The van der Waals surface area contributed by atoms with Gasteiger partial charge in [-0.2, -0.15) is 4.98 Å². The first-order chi connectivity index (χ1) is 15.5. The standard InChI is InChI=1S/C20H22N4O9/c1-8-3-10-11(4-9(8)2)24(18-16(21-10)19(31)23-20(32)22-18)6-12(25)17(30)13(26)7-33-15(29)5-14(27)28/h3-4,12-13,17,25-26,30H,5-7H2,1-2H3,(H,27,28)(H,23,31,32)/t12-,13+,17-/m0/s1. The Labute approximate surface area is 185 Å². The third kappa shape index (κ3) is 5.22. The van der Waals surface area contributed by atoms with Gasteiger partial charge >= 0.3 is 17.6 Å². The van der Waals surface area contributed by atoms with Crippen molar-refractivity contribution < 1.29 is 34.8 Å². The number of fused-ring (bicyclic) bond motifs is 2. The van der Waals surface area contributed by atoms with Gasteiger partial charge in [0, 0.05) is 0 Å². The van der Waals surface area contributed by atoms with Crippen LogP contribution in [0.3, 0.4) is 0 Å². The molecule has 0 aromatic heterocycles. The highest BCUT2D eigenvalue weighted by atomic mass is 16.5. The second kappa shape index (κ2) is 9.44. The number of esters is 1. The number of H-pyrrole nitrogens is 1. The summed E-state index contributed by atoms with van der Waals surface area (Å²) in [6.45, 7) is 2.51. The maximum Gasteiger partial charge on any atom is 0.349 e. The number of aliphatic hydroxyl groups is 3. The van der Waals surface area contributed by atoms with Gasteiger partial charge in [-0.15, -0.1) is 0 Å². The molecule has 0 fully saturated rings. The molecule has 13 nitrogen and oxygen atoms in total. The van der Waals surface area contributed by atoms with Crippen molar-refractivity contribution in [2.45, 2.75) is 45.1 Å². The Kier molecular flexibility index (Phi) is 6.86. The van der Waals surface area contributed by atoms with Crippen LogP contribution in [0.1, 0.15) is 17.5 Å². The predicted molar refractivity (Wildman–Crippen MR) is 112 cm³/mol. The highest BCUT2D eigenvalue weighted by molar-refractivity contribution is 5.90. The van der Waals surface area contributed by atoms with Crippen molar-refractivity contribution in [1.82, 2.24) is 19.5 Å². The topological polar surface area (TPSA) is 205 Å². The maximum atomic E-state index is 12.3. The van der Waals surface area contributed by atoms with E-state index < -0.39 is 61.1 Å². The summed E-state index contributed by atoms with van der Waals surface area (Å²) in [6.07, 6.45) is -6.15. The SMILES string of the molecule is Cc1cc2nc3c(=O)[nH]c(=O)nc-3n(C[C@H](O)[C@H](O)[C@H](O)COC(=O)CC(=O)O)c2cc1C. The van der Waals surface area contributed by atoms with Crippen molar-refractivity contribution in [1.29, 1.82) is 0 Å². The Morgan fingerprint density at radius 2 is 1.76 bits per heavy atom. The molecular formula is C20H22N4O9. The maximum absolute atomic E-state index is 12.3. The van der Waals surface area contributed by atoms with Crippen LogP contribution in [0.4, 0.5) is 0 Å². The smallest absolute Gasteiger partial charge is 0.349 e. The molecule has 0 spiro atoms. The van der Waals surface area contributed by atoms with Crippen molar-refractivity contribution in [2.24, 2.45) is 0 Å². The van der Waals surface area contributed by atoms with Crippen LogP contribution in [-0.2, 0) is 20.9 Å². The molecule has 0 saturated heterocycles. The number of ether oxygens (including phenoxy) is 1. The monoisotopic (exact) mass is 462 g/mol. The fourth-order valence-electron chi connectivity index (χ4n) is 3.24. The number of hydrogen-bond acceptors (Lipinski definition) is 10. The van der Waals surface area contributed by atoms with Crippen LogP contribution in [0.25, 0.3) is 22.6 Å². The number of carboxylic acid groups (broad SMARTS) is 1. The van der Waals surface area contributed by atoms with Crippen LogP contribution in [0, 0.1) is 13.8 Å². The van der Waals surface area contributed by atoms with Crippen molar-refractivity contribution in [2.75, 3.05) is 6.61 Å². The lowest BCUT2D eigenvalue weighted by Gasteiger charge is -2.25. The van der Waals surface area contributed by atoms with E-state index in [0.717, 1.165) is 11.1 Å². The highest BCUT2D eigenvalue weighted by Gasteiger charge is 2.29. The van der Waals surface area contributed by atoms with Gasteiger partial charge in [-0.05, 0) is 37.1 Å². The first kappa shape index (κ1) is 24.0. The minimum absolute atomic E-state index is 0.131. The van der Waals surface area contributed by atoms with Crippen molar-refractivity contribution in [3.05, 3.63) is 44.1 Å². The Morgan fingerprint density at radius 1 is 1.09 bits per heavy atom. The van der Waals surface area contributed by atoms with Crippen LogP contribution in [0.5, 0.6) is 0 Å². The van der Waals surface area contributed by atoms with Crippen LogP contribution < -0.4 is 11.2 Å². The number of nitrogens with zero attached hydrogens (tertiary/aromatic N) is 3. The summed E-state index contributed by atoms with van der Waals surface area (Å²) in [5.74, 6) is -2.68. The largest absolute Gasteiger partial charge is 0.481 e. The van der Waals surface area contributed by atoms with Gasteiger partial charge in [-0.25, -0.2) is 9.78 Å². The van der Waals surface area contributed by atoms with Gasteiger partial charge in [0.1, 0.15) is 31.3 Å². The molecule has 0 saturated carbocycles. The molecular weight excluding hydrogens is 440 g/mol. The van der Waals surface area contributed by atoms with Gasteiger partial charge in [0.25, 0.3) is 5.56 Å². The first-order valence-corrected chi connectivity index (χ1v) is 9.81. The summed E-state index contributed by atoms with van der Waals surface area (Å²) in [4.78, 5) is 56.0. The molecule has 3 atom stereocenters. The van der Waals surface area contributed by atoms with Crippen LogP contribution in [0.15, 0.2) is 21.7 Å². The number of aryl methyl sites for hydroxylation is 2. The number of carbonyl (C=O) groups is 2. The third-order valence-corrected chi connectivity index (χ3v) is 5.09. The van der Waals surface area contributed by atoms with Gasteiger partial charge < -0.3 is 29.7 Å². The van der Waals surface area contributed by atoms with Gasteiger partial charge in [-0.1, -0.05) is 0 Å². The van der Waals surface area contributed by atoms with E-state index in [1.165, 1.54) is 4.57 Å². The first-order valence-electron chi connectivity index (χ1n) is 9.81. The van der Waals surface area contributed by atoms with Gasteiger partial charge in [0.2, 0.25) is 0 Å². The number of hydrogen-bond donors (Lipinski definition) is 5. The number of benzene rings is 1. The summed E-state index contributed by atoms with van der Waals surface area (Å²) in [5.41, 5.74) is 0.661. The lowest BCUT2D eigenvalue weighted by atomic mass is 10.1. The zero-order valence-corrected chi connectivity index (χ0v) is 17.7. The number of carboxylic acids is 1. The minimum Gasteiger partial charge on any atom is -0.481 e. The summed E-state index contributed by atoms with van der Waals surface area (Å²) >= 11 is 0. The fourth-order valence-corrected chi connectivity index (χ4v) is 3.24. The second-order valence-corrected chi connectivity index (χ2v) is 7.57. The number of aromatic nitrogens is 4. The molecule has 2 heterocycles. The highest BCUT2D eigenvalue weighted by Crippen LogP contribution is 2.24. The van der Waals surface area contributed by atoms with Crippen LogP contribution >= 0.6 is 0 Å². The normalized spacial score (nSPS) is 14.2. The summed E-state index contributed by atoms with van der Waals surface area (Å²) in [7, 11) is 0. The van der Waals surface area contributed by atoms with E-state index >= 15 is 0 Å². The average molecular weight is 462 g/mol. The fraction of sp³-hybridized carbons (Fsp3) is 0.400. The Hall–Kier alpha value is -3.68. The molecule has 0 bridgehead atoms. The molecule has 0 unspecified atom stereocenters. The molecule has 0 aliphatic carbocycles. The lowest BCUT2D eigenvalue weighted by molar-refractivity contribution is -0.157. The second-order valence-electron chi connectivity index (χ2n) is 7.57. The zero-order valence-electron chi connectivity index (χ0n) is 17.7. The molecule has 176 valence electrons. The van der Waals surface area contributed by atoms with Gasteiger partial charge in [-0.3, -0.25) is 19.4 Å². The molecule has 1 aromatic rings. The minimum atomic E-state index is -1.83. The molecule has 2 aliphatic rings. The summed E-state index contributed by atoms with van der Waals surface area (Å²) in [5, 5.41) is 39.5. The zero-order chi connectivity index (χ0) is 24.4. The van der Waals surface area contributed by atoms with E-state index in [4.69, 9.17) is 5.11 Å². The average Bonchev–Trinajstić information content (AvgIpc) is 2.72. The third-order valence-electron chi connectivity index (χ3n) is 5.09. The van der Waals surface area contributed by atoms with Gasteiger partial charge in [0.05, 0.1) is 17.6 Å². The van der Waals surface area contributed by atoms with E-state index in [0.29, 0.717) is 11.0 Å². The lowest BCUT2D eigenvalue weighted by Crippen LogP contribution is -2.43. The van der Waals surface area contributed by atoms with Crippen molar-refractivity contribution >= 4 is 23.0 Å². The molecule has 5 N–H and O–H groups in total. The van der Waals surface area contributed by atoms with E-state index in [1.54, 1.807) is 12.1 Å². The van der Waals surface area contributed by atoms with E-state index in [1.807, 2.05) is 18.8 Å².